The Hall–Kier alpha value is -2.97. The number of pyridine rings is 2. The molecule has 0 unspecified atom stereocenters. The van der Waals surface area contributed by atoms with E-state index in [-0.39, 0.29) is 15.7 Å². The Morgan fingerprint density at radius 2 is 1.85 bits per heavy atom. The van der Waals surface area contributed by atoms with E-state index in [1.54, 1.807) is 36.5 Å². The summed E-state index contributed by atoms with van der Waals surface area (Å²) in [5.41, 5.74) is 2.94. The number of fused-ring (bicyclic) bond motifs is 1. The summed E-state index contributed by atoms with van der Waals surface area (Å²) in [5.74, 6) is 0. The van der Waals surface area contributed by atoms with Crippen LogP contribution in [0.15, 0.2) is 65.8 Å². The molecule has 26 heavy (non-hydrogen) atoms. The Morgan fingerprint density at radius 1 is 1.04 bits per heavy atom. The van der Waals surface area contributed by atoms with Gasteiger partial charge in [0.15, 0.2) is 5.15 Å². The molecule has 0 fully saturated rings. The molecule has 0 aliphatic rings. The summed E-state index contributed by atoms with van der Waals surface area (Å²) in [6, 6.07) is 13.3. The molecule has 0 aliphatic heterocycles. The first-order valence-corrected chi connectivity index (χ1v) is 9.43. The molecule has 0 atom stereocenters. The minimum Gasteiger partial charge on any atom is -0.276 e. The highest BCUT2D eigenvalue weighted by Gasteiger charge is 2.17. The molecule has 4 rings (SSSR count). The van der Waals surface area contributed by atoms with Gasteiger partial charge in [-0.1, -0.05) is 29.8 Å². The predicted molar refractivity (Wildman–Crippen MR) is 99.4 cm³/mol. The quantitative estimate of drug-likeness (QED) is 0.524. The summed E-state index contributed by atoms with van der Waals surface area (Å²) < 4.78 is 27.5. The first-order valence-electron chi connectivity index (χ1n) is 7.57. The van der Waals surface area contributed by atoms with Crippen LogP contribution in [0.3, 0.4) is 0 Å². The van der Waals surface area contributed by atoms with Crippen LogP contribution in [0.25, 0.3) is 22.3 Å². The molecule has 3 heterocycles. The zero-order valence-corrected chi connectivity index (χ0v) is 14.8. The van der Waals surface area contributed by atoms with Crippen molar-refractivity contribution in [2.45, 2.75) is 4.90 Å². The number of halogens is 1. The fraction of sp³-hybridized carbons (Fsp3) is 0. The molecule has 0 amide bonds. The number of sulfonamides is 1. The molecule has 0 bridgehead atoms. The van der Waals surface area contributed by atoms with E-state index in [4.69, 9.17) is 11.6 Å². The SMILES string of the molecule is O=S(=O)(Nc1cc(-c2ccc3[nH]ncc3n2)cnc1Cl)c1ccccc1. The van der Waals surface area contributed by atoms with Crippen LogP contribution in [0.5, 0.6) is 0 Å². The first-order chi connectivity index (χ1) is 12.5. The van der Waals surface area contributed by atoms with Gasteiger partial charge in [0.2, 0.25) is 0 Å². The number of aromatic amines is 1. The summed E-state index contributed by atoms with van der Waals surface area (Å²) in [4.78, 5) is 8.69. The topological polar surface area (TPSA) is 101 Å². The van der Waals surface area contributed by atoms with Crippen LogP contribution < -0.4 is 4.72 Å². The molecular formula is C17H12ClN5O2S. The van der Waals surface area contributed by atoms with Crippen LogP contribution in [0.1, 0.15) is 0 Å². The third-order valence-electron chi connectivity index (χ3n) is 3.73. The van der Waals surface area contributed by atoms with E-state index in [9.17, 15) is 8.42 Å². The van der Waals surface area contributed by atoms with E-state index in [0.29, 0.717) is 16.8 Å². The van der Waals surface area contributed by atoms with Gasteiger partial charge in [-0.15, -0.1) is 0 Å². The summed E-state index contributed by atoms with van der Waals surface area (Å²) in [6.45, 7) is 0. The second-order valence-corrected chi connectivity index (χ2v) is 7.52. The van der Waals surface area contributed by atoms with Crippen LogP contribution in [-0.2, 0) is 10.0 Å². The largest absolute Gasteiger partial charge is 0.276 e. The Kier molecular flexibility index (Phi) is 4.06. The van der Waals surface area contributed by atoms with E-state index in [0.717, 1.165) is 5.52 Å². The highest BCUT2D eigenvalue weighted by molar-refractivity contribution is 7.92. The van der Waals surface area contributed by atoms with Gasteiger partial charge < -0.3 is 0 Å². The lowest BCUT2D eigenvalue weighted by atomic mass is 10.2. The van der Waals surface area contributed by atoms with Crippen molar-refractivity contribution in [1.82, 2.24) is 20.2 Å². The van der Waals surface area contributed by atoms with Crippen molar-refractivity contribution in [1.29, 1.82) is 0 Å². The van der Waals surface area contributed by atoms with E-state index >= 15 is 0 Å². The monoisotopic (exact) mass is 385 g/mol. The first kappa shape index (κ1) is 16.5. The zero-order valence-electron chi connectivity index (χ0n) is 13.2. The van der Waals surface area contributed by atoms with Crippen molar-refractivity contribution in [2.75, 3.05) is 4.72 Å². The fourth-order valence-electron chi connectivity index (χ4n) is 2.45. The number of hydrogen-bond acceptors (Lipinski definition) is 5. The summed E-state index contributed by atoms with van der Waals surface area (Å²) in [6.07, 6.45) is 3.15. The minimum atomic E-state index is -3.77. The van der Waals surface area contributed by atoms with Crippen LogP contribution >= 0.6 is 11.6 Å². The van der Waals surface area contributed by atoms with Gasteiger partial charge in [-0.05, 0) is 30.3 Å². The van der Waals surface area contributed by atoms with Crippen LogP contribution in [0.2, 0.25) is 5.15 Å². The maximum absolute atomic E-state index is 12.5. The number of hydrogen-bond donors (Lipinski definition) is 2. The fourth-order valence-corrected chi connectivity index (χ4v) is 3.74. The van der Waals surface area contributed by atoms with Gasteiger partial charge in [0.25, 0.3) is 10.0 Å². The van der Waals surface area contributed by atoms with Crippen LogP contribution in [0.4, 0.5) is 5.69 Å². The van der Waals surface area contributed by atoms with Gasteiger partial charge in [-0.2, -0.15) is 5.10 Å². The molecule has 7 nitrogen and oxygen atoms in total. The number of nitrogens with zero attached hydrogens (tertiary/aromatic N) is 3. The number of benzene rings is 1. The van der Waals surface area contributed by atoms with Gasteiger partial charge in [-0.25, -0.2) is 18.4 Å². The lowest BCUT2D eigenvalue weighted by molar-refractivity contribution is 0.601. The molecule has 0 spiro atoms. The van der Waals surface area contributed by atoms with Crippen LogP contribution in [0, 0.1) is 0 Å². The second kappa shape index (κ2) is 6.40. The third-order valence-corrected chi connectivity index (χ3v) is 5.41. The zero-order chi connectivity index (χ0) is 18.1. The lowest BCUT2D eigenvalue weighted by Crippen LogP contribution is -2.13. The average Bonchev–Trinajstić information content (AvgIpc) is 3.12. The maximum Gasteiger partial charge on any atom is 0.261 e. The summed E-state index contributed by atoms with van der Waals surface area (Å²) in [7, 11) is -3.77. The van der Waals surface area contributed by atoms with Gasteiger partial charge in [0, 0.05) is 11.8 Å². The molecule has 0 saturated carbocycles. The summed E-state index contributed by atoms with van der Waals surface area (Å²) >= 11 is 6.08. The Labute approximate surface area is 154 Å². The number of nitrogens with one attached hydrogen (secondary N) is 2. The van der Waals surface area contributed by atoms with Crippen molar-refractivity contribution < 1.29 is 8.42 Å². The van der Waals surface area contributed by atoms with Gasteiger partial charge in [0.05, 0.1) is 28.0 Å². The molecule has 9 heteroatoms. The molecule has 0 saturated heterocycles. The van der Waals surface area contributed by atoms with Crippen molar-refractivity contribution in [3.05, 3.63) is 66.1 Å². The van der Waals surface area contributed by atoms with Crippen LogP contribution in [-0.4, -0.2) is 28.6 Å². The van der Waals surface area contributed by atoms with Crippen molar-refractivity contribution in [3.63, 3.8) is 0 Å². The third kappa shape index (κ3) is 3.12. The van der Waals surface area contributed by atoms with Crippen molar-refractivity contribution >= 4 is 38.3 Å². The Balaban J connectivity index is 1.72. The lowest BCUT2D eigenvalue weighted by Gasteiger charge is -2.10. The van der Waals surface area contributed by atoms with E-state index < -0.39 is 10.0 Å². The molecular weight excluding hydrogens is 374 g/mol. The standard InChI is InChI=1S/C17H12ClN5O2S/c18-17-15(23-26(24,25)12-4-2-1-3-5-12)8-11(9-19-17)13-6-7-14-16(21-13)10-20-22-14/h1-10,23H,(H,20,22). The highest BCUT2D eigenvalue weighted by atomic mass is 35.5. The van der Waals surface area contributed by atoms with E-state index in [1.165, 1.54) is 18.3 Å². The number of anilines is 1. The number of aromatic nitrogens is 4. The molecule has 130 valence electrons. The van der Waals surface area contributed by atoms with Gasteiger partial charge in [0.1, 0.15) is 5.52 Å². The Morgan fingerprint density at radius 3 is 2.65 bits per heavy atom. The average molecular weight is 386 g/mol. The predicted octanol–water partition coefficient (Wildman–Crippen LogP) is 3.47. The second-order valence-electron chi connectivity index (χ2n) is 5.48. The molecule has 2 N–H and O–H groups in total. The molecule has 3 aromatic heterocycles. The number of rotatable bonds is 4. The molecule has 0 aliphatic carbocycles. The number of H-pyrrole nitrogens is 1. The van der Waals surface area contributed by atoms with Gasteiger partial charge >= 0.3 is 0 Å². The van der Waals surface area contributed by atoms with E-state index in [2.05, 4.69) is 24.9 Å². The minimum absolute atomic E-state index is 0.0534. The van der Waals surface area contributed by atoms with Crippen molar-refractivity contribution in [3.8, 4) is 11.3 Å². The Bertz CT molecular complexity index is 1190. The van der Waals surface area contributed by atoms with Crippen molar-refractivity contribution in [2.24, 2.45) is 0 Å². The summed E-state index contributed by atoms with van der Waals surface area (Å²) in [5, 5.41) is 6.81. The molecule has 1 aromatic carbocycles. The molecule has 0 radical (unpaired) electrons. The molecule has 4 aromatic rings. The van der Waals surface area contributed by atoms with Gasteiger partial charge in [-0.3, -0.25) is 9.82 Å². The normalized spacial score (nSPS) is 11.6. The van der Waals surface area contributed by atoms with E-state index in [1.807, 2.05) is 6.07 Å². The maximum atomic E-state index is 12.5. The highest BCUT2D eigenvalue weighted by Crippen LogP contribution is 2.28. The smallest absolute Gasteiger partial charge is 0.261 e.